The van der Waals surface area contributed by atoms with E-state index in [1.165, 1.54) is 0 Å². The molecule has 2 amide bonds. The first-order chi connectivity index (χ1) is 9.58. The first-order valence-electron chi connectivity index (χ1n) is 6.94. The van der Waals surface area contributed by atoms with Crippen LogP contribution in [0, 0.1) is 12.8 Å². The lowest BCUT2D eigenvalue weighted by Gasteiger charge is -2.25. The average molecular weight is 293 g/mol. The third kappa shape index (κ3) is 2.40. The summed E-state index contributed by atoms with van der Waals surface area (Å²) >= 11 is 6.14. The molecule has 5 heteroatoms. The summed E-state index contributed by atoms with van der Waals surface area (Å²) in [6, 6.07) is 5.16. The van der Waals surface area contributed by atoms with Crippen LogP contribution in [-0.2, 0) is 9.59 Å². The van der Waals surface area contributed by atoms with Gasteiger partial charge in [-0.25, -0.2) is 0 Å². The Labute approximate surface area is 123 Å². The topological polar surface area (TPSA) is 49.4 Å². The van der Waals surface area contributed by atoms with Crippen LogP contribution in [0.5, 0.6) is 0 Å². The van der Waals surface area contributed by atoms with Crippen LogP contribution in [0.15, 0.2) is 18.2 Å². The van der Waals surface area contributed by atoms with Crippen molar-refractivity contribution in [3.8, 4) is 0 Å². The summed E-state index contributed by atoms with van der Waals surface area (Å²) in [5, 5.41) is 3.50. The molecule has 1 N–H and O–H groups in total. The standard InChI is InChI=1S/C15H17ClN2O2/c1-9-11(16)3-2-4-12(9)18-8-7-13(19)17-14(15(18)20)10-5-6-10/h2-4,10,14H,5-8H2,1H3,(H,17,19). The van der Waals surface area contributed by atoms with Crippen molar-refractivity contribution in [3.05, 3.63) is 28.8 Å². The minimum atomic E-state index is -0.372. The molecular formula is C15H17ClN2O2. The Morgan fingerprint density at radius 1 is 1.30 bits per heavy atom. The highest BCUT2D eigenvalue weighted by Crippen LogP contribution is 2.36. The molecular weight excluding hydrogens is 276 g/mol. The monoisotopic (exact) mass is 292 g/mol. The van der Waals surface area contributed by atoms with E-state index >= 15 is 0 Å². The summed E-state index contributed by atoms with van der Waals surface area (Å²) in [6.45, 7) is 2.31. The summed E-state index contributed by atoms with van der Waals surface area (Å²) < 4.78 is 0. The molecule has 106 valence electrons. The zero-order chi connectivity index (χ0) is 14.3. The van der Waals surface area contributed by atoms with Crippen LogP contribution in [-0.4, -0.2) is 24.4 Å². The van der Waals surface area contributed by atoms with E-state index in [1.54, 1.807) is 4.90 Å². The Kier molecular flexibility index (Phi) is 3.42. The molecule has 2 aliphatic rings. The largest absolute Gasteiger partial charge is 0.344 e. The van der Waals surface area contributed by atoms with Crippen LogP contribution in [0.4, 0.5) is 5.69 Å². The lowest BCUT2D eigenvalue weighted by atomic mass is 10.1. The Bertz CT molecular complexity index is 569. The second kappa shape index (κ2) is 5.09. The molecule has 0 aromatic heterocycles. The number of rotatable bonds is 2. The van der Waals surface area contributed by atoms with Crippen LogP contribution < -0.4 is 10.2 Å². The molecule has 0 radical (unpaired) electrons. The van der Waals surface area contributed by atoms with Crippen molar-refractivity contribution in [2.24, 2.45) is 5.92 Å². The SMILES string of the molecule is Cc1c(Cl)cccc1N1CCC(=O)NC(C2CC2)C1=O. The summed E-state index contributed by atoms with van der Waals surface area (Å²) in [7, 11) is 0. The van der Waals surface area contributed by atoms with Gasteiger partial charge >= 0.3 is 0 Å². The molecule has 1 aliphatic carbocycles. The lowest BCUT2D eigenvalue weighted by molar-refractivity contribution is -0.126. The van der Waals surface area contributed by atoms with E-state index < -0.39 is 0 Å². The molecule has 1 unspecified atom stereocenters. The summed E-state index contributed by atoms with van der Waals surface area (Å²) in [4.78, 5) is 26.2. The van der Waals surface area contributed by atoms with Gasteiger partial charge in [0.25, 0.3) is 0 Å². The molecule has 4 nitrogen and oxygen atoms in total. The Morgan fingerprint density at radius 3 is 2.75 bits per heavy atom. The maximum Gasteiger partial charge on any atom is 0.249 e. The maximum absolute atomic E-state index is 12.7. The van der Waals surface area contributed by atoms with E-state index in [0.717, 1.165) is 24.1 Å². The van der Waals surface area contributed by atoms with E-state index in [4.69, 9.17) is 11.6 Å². The molecule has 1 aromatic rings. The maximum atomic E-state index is 12.7. The van der Waals surface area contributed by atoms with Gasteiger partial charge < -0.3 is 10.2 Å². The highest BCUT2D eigenvalue weighted by atomic mass is 35.5. The number of carbonyl (C=O) groups is 2. The number of carbonyl (C=O) groups excluding carboxylic acids is 2. The number of benzene rings is 1. The fourth-order valence-corrected chi connectivity index (χ4v) is 2.85. The van der Waals surface area contributed by atoms with Gasteiger partial charge in [-0.15, -0.1) is 0 Å². The second-order valence-corrected chi connectivity index (χ2v) is 5.91. The molecule has 0 spiro atoms. The van der Waals surface area contributed by atoms with Gasteiger partial charge in [-0.05, 0) is 43.4 Å². The number of hydrogen-bond acceptors (Lipinski definition) is 2. The van der Waals surface area contributed by atoms with E-state index in [9.17, 15) is 9.59 Å². The first-order valence-corrected chi connectivity index (χ1v) is 7.31. The van der Waals surface area contributed by atoms with Crippen LogP contribution in [0.2, 0.25) is 5.02 Å². The smallest absolute Gasteiger partial charge is 0.249 e. The molecule has 1 aliphatic heterocycles. The highest BCUT2D eigenvalue weighted by Gasteiger charge is 2.41. The third-order valence-corrected chi connectivity index (χ3v) is 4.44. The summed E-state index contributed by atoms with van der Waals surface area (Å²) in [5.41, 5.74) is 1.69. The van der Waals surface area contributed by atoms with Crippen molar-refractivity contribution in [2.75, 3.05) is 11.4 Å². The van der Waals surface area contributed by atoms with Crippen LogP contribution in [0.25, 0.3) is 0 Å². The molecule has 3 rings (SSSR count). The summed E-state index contributed by atoms with van der Waals surface area (Å²) in [5.74, 6) is 0.243. The van der Waals surface area contributed by atoms with Crippen molar-refractivity contribution >= 4 is 29.1 Å². The lowest BCUT2D eigenvalue weighted by Crippen LogP contribution is -2.46. The van der Waals surface area contributed by atoms with Gasteiger partial charge in [0.05, 0.1) is 0 Å². The molecule has 20 heavy (non-hydrogen) atoms. The summed E-state index contributed by atoms with van der Waals surface area (Å²) in [6.07, 6.45) is 2.36. The number of halogens is 1. The Morgan fingerprint density at radius 2 is 2.05 bits per heavy atom. The van der Waals surface area contributed by atoms with Gasteiger partial charge in [0.1, 0.15) is 6.04 Å². The molecule has 2 fully saturated rings. The Hall–Kier alpha value is -1.55. The van der Waals surface area contributed by atoms with E-state index in [1.807, 2.05) is 25.1 Å². The van der Waals surface area contributed by atoms with E-state index in [-0.39, 0.29) is 17.9 Å². The third-order valence-electron chi connectivity index (χ3n) is 4.03. The predicted molar refractivity (Wildman–Crippen MR) is 77.8 cm³/mol. The van der Waals surface area contributed by atoms with Gasteiger partial charge in [-0.2, -0.15) is 0 Å². The van der Waals surface area contributed by atoms with Gasteiger partial charge in [0.15, 0.2) is 0 Å². The van der Waals surface area contributed by atoms with Crippen LogP contribution in [0.3, 0.4) is 0 Å². The molecule has 1 saturated carbocycles. The fraction of sp³-hybridized carbons (Fsp3) is 0.467. The van der Waals surface area contributed by atoms with Crippen molar-refractivity contribution < 1.29 is 9.59 Å². The van der Waals surface area contributed by atoms with Crippen molar-refractivity contribution in [1.29, 1.82) is 0 Å². The van der Waals surface area contributed by atoms with E-state index in [0.29, 0.717) is 23.9 Å². The van der Waals surface area contributed by atoms with Gasteiger partial charge in [0.2, 0.25) is 11.8 Å². The van der Waals surface area contributed by atoms with Crippen molar-refractivity contribution in [2.45, 2.75) is 32.2 Å². The Balaban J connectivity index is 1.96. The zero-order valence-electron chi connectivity index (χ0n) is 11.4. The van der Waals surface area contributed by atoms with Crippen LogP contribution >= 0.6 is 11.6 Å². The fourth-order valence-electron chi connectivity index (χ4n) is 2.68. The van der Waals surface area contributed by atoms with Crippen LogP contribution in [0.1, 0.15) is 24.8 Å². The molecule has 1 atom stereocenters. The minimum absolute atomic E-state index is 0.0104. The number of anilines is 1. The molecule has 1 saturated heterocycles. The van der Waals surface area contributed by atoms with Crippen molar-refractivity contribution in [3.63, 3.8) is 0 Å². The molecule has 1 aromatic carbocycles. The first kappa shape index (κ1) is 13.4. The van der Waals surface area contributed by atoms with Gasteiger partial charge in [-0.3, -0.25) is 9.59 Å². The highest BCUT2D eigenvalue weighted by molar-refractivity contribution is 6.31. The number of nitrogens with one attached hydrogen (secondary N) is 1. The second-order valence-electron chi connectivity index (χ2n) is 5.51. The minimum Gasteiger partial charge on any atom is -0.344 e. The van der Waals surface area contributed by atoms with Crippen molar-refractivity contribution in [1.82, 2.24) is 5.32 Å². The molecule has 1 heterocycles. The quantitative estimate of drug-likeness (QED) is 0.909. The number of nitrogens with zero attached hydrogens (tertiary/aromatic N) is 1. The number of amides is 2. The molecule has 0 bridgehead atoms. The van der Waals surface area contributed by atoms with Gasteiger partial charge in [0, 0.05) is 23.7 Å². The van der Waals surface area contributed by atoms with Gasteiger partial charge in [-0.1, -0.05) is 17.7 Å². The number of hydrogen-bond donors (Lipinski definition) is 1. The average Bonchev–Trinajstić information content (AvgIpc) is 3.24. The normalized spacial score (nSPS) is 23.5. The zero-order valence-corrected chi connectivity index (χ0v) is 12.1. The predicted octanol–water partition coefficient (Wildman–Crippen LogP) is 2.28. The van der Waals surface area contributed by atoms with E-state index in [2.05, 4.69) is 5.32 Å².